The van der Waals surface area contributed by atoms with Gasteiger partial charge in [0.2, 0.25) is 0 Å². The van der Waals surface area contributed by atoms with Gasteiger partial charge in [0.15, 0.2) is 0 Å². The lowest BCUT2D eigenvalue weighted by molar-refractivity contribution is -0.136. The van der Waals surface area contributed by atoms with Crippen molar-refractivity contribution in [1.29, 1.82) is 0 Å². The van der Waals surface area contributed by atoms with E-state index in [1.54, 1.807) is 6.07 Å². The maximum atomic E-state index is 13.7. The van der Waals surface area contributed by atoms with Gasteiger partial charge >= 0.3 is 6.09 Å². The van der Waals surface area contributed by atoms with Gasteiger partial charge < -0.3 is 14.6 Å². The summed E-state index contributed by atoms with van der Waals surface area (Å²) in [6, 6.07) is 6.83. The van der Waals surface area contributed by atoms with E-state index in [1.165, 1.54) is 6.07 Å². The van der Waals surface area contributed by atoms with Gasteiger partial charge in [-0.05, 0) is 69.4 Å². The predicted octanol–water partition coefficient (Wildman–Crippen LogP) is 5.10. The van der Waals surface area contributed by atoms with Crippen LogP contribution in [0, 0.1) is 5.82 Å². The minimum Gasteiger partial charge on any atom is -0.444 e. The maximum absolute atomic E-state index is 13.7. The molecule has 0 saturated heterocycles. The topological polar surface area (TPSA) is 43.3 Å². The Labute approximate surface area is 157 Å². The number of halogens is 2. The third-order valence-corrected chi connectivity index (χ3v) is 5.57. The van der Waals surface area contributed by atoms with Crippen molar-refractivity contribution in [3.8, 4) is 11.1 Å². The molecular weight excluding hydrogens is 355 g/mol. The fourth-order valence-electron chi connectivity index (χ4n) is 4.20. The number of hydrogen-bond acceptors (Lipinski definition) is 2. The van der Waals surface area contributed by atoms with E-state index in [-0.39, 0.29) is 22.2 Å². The normalized spacial score (nSPS) is 26.7. The second-order valence-corrected chi connectivity index (χ2v) is 9.01. The fourth-order valence-corrected chi connectivity index (χ4v) is 4.32. The van der Waals surface area contributed by atoms with E-state index in [4.69, 9.17) is 16.3 Å². The lowest BCUT2D eigenvalue weighted by Crippen LogP contribution is -2.78. The first-order valence-corrected chi connectivity index (χ1v) is 9.13. The van der Waals surface area contributed by atoms with Gasteiger partial charge in [-0.1, -0.05) is 17.7 Å². The number of hydrogen-bond donors (Lipinski definition) is 1. The van der Waals surface area contributed by atoms with Crippen LogP contribution in [0.1, 0.15) is 40.0 Å². The highest BCUT2D eigenvalue weighted by Crippen LogP contribution is 2.65. The number of carbonyl (C=O) groups is 1. The number of amides is 1. The Kier molecular flexibility index (Phi) is 3.68. The molecule has 3 aliphatic carbocycles. The molecule has 26 heavy (non-hydrogen) atoms. The Bertz CT molecular complexity index is 864. The van der Waals surface area contributed by atoms with E-state index >= 15 is 0 Å². The molecule has 3 aliphatic rings. The summed E-state index contributed by atoms with van der Waals surface area (Å²) in [6.45, 7) is 5.57. The van der Waals surface area contributed by atoms with Crippen LogP contribution in [0.15, 0.2) is 36.7 Å². The summed E-state index contributed by atoms with van der Waals surface area (Å²) in [5.41, 5.74) is 1.18. The zero-order valence-corrected chi connectivity index (χ0v) is 15.9. The minimum atomic E-state index is -0.492. The molecule has 1 aromatic carbocycles. The van der Waals surface area contributed by atoms with Crippen LogP contribution in [0.4, 0.5) is 9.18 Å². The van der Waals surface area contributed by atoms with Crippen LogP contribution in [0.2, 0.25) is 5.02 Å². The molecule has 5 rings (SSSR count). The van der Waals surface area contributed by atoms with E-state index in [9.17, 15) is 9.18 Å². The third kappa shape index (κ3) is 2.88. The number of nitrogens with one attached hydrogen (secondary N) is 1. The van der Waals surface area contributed by atoms with Crippen LogP contribution < -0.4 is 5.32 Å². The maximum Gasteiger partial charge on any atom is 0.408 e. The Morgan fingerprint density at radius 3 is 2.54 bits per heavy atom. The number of alkyl carbamates (subject to hydrolysis) is 1. The molecule has 1 heterocycles. The molecule has 1 amide bonds. The van der Waals surface area contributed by atoms with Crippen LogP contribution >= 0.6 is 11.6 Å². The summed E-state index contributed by atoms with van der Waals surface area (Å²) in [5, 5.41) is 3.15. The van der Waals surface area contributed by atoms with Crippen molar-refractivity contribution in [1.82, 2.24) is 9.88 Å². The molecule has 1 aromatic heterocycles. The molecule has 0 radical (unpaired) electrons. The molecule has 0 aliphatic heterocycles. The predicted molar refractivity (Wildman–Crippen MR) is 98.8 cm³/mol. The average molecular weight is 377 g/mol. The number of nitrogens with zero attached hydrogens (tertiary/aromatic N) is 1. The molecule has 2 bridgehead atoms. The number of aromatic nitrogens is 1. The summed E-state index contributed by atoms with van der Waals surface area (Å²) in [4.78, 5) is 12.0. The molecule has 1 N–H and O–H groups in total. The molecule has 4 nitrogen and oxygen atoms in total. The third-order valence-electron chi connectivity index (χ3n) is 5.26. The number of ether oxygens (including phenoxy) is 1. The van der Waals surface area contributed by atoms with Crippen molar-refractivity contribution in [2.24, 2.45) is 0 Å². The van der Waals surface area contributed by atoms with Crippen LogP contribution in [0.3, 0.4) is 0 Å². The first kappa shape index (κ1) is 17.4. The lowest BCUT2D eigenvalue weighted by Gasteiger charge is -2.70. The molecule has 0 atom stereocenters. The highest BCUT2D eigenvalue weighted by Gasteiger charge is 2.69. The monoisotopic (exact) mass is 376 g/mol. The summed E-state index contributed by atoms with van der Waals surface area (Å²) >= 11 is 5.76. The van der Waals surface area contributed by atoms with Crippen molar-refractivity contribution in [2.75, 3.05) is 0 Å². The van der Waals surface area contributed by atoms with Gasteiger partial charge in [-0.15, -0.1) is 0 Å². The quantitative estimate of drug-likeness (QED) is 0.809. The van der Waals surface area contributed by atoms with E-state index in [0.717, 1.165) is 30.4 Å². The highest BCUT2D eigenvalue weighted by atomic mass is 35.5. The highest BCUT2D eigenvalue weighted by molar-refractivity contribution is 6.30. The second-order valence-electron chi connectivity index (χ2n) is 8.60. The van der Waals surface area contributed by atoms with Crippen molar-refractivity contribution in [3.63, 3.8) is 0 Å². The van der Waals surface area contributed by atoms with Gasteiger partial charge in [0.25, 0.3) is 0 Å². The van der Waals surface area contributed by atoms with Crippen molar-refractivity contribution < 1.29 is 13.9 Å². The summed E-state index contributed by atoms with van der Waals surface area (Å²) in [6.07, 6.45) is 6.39. The van der Waals surface area contributed by atoms with E-state index in [1.807, 2.05) is 45.3 Å². The Morgan fingerprint density at radius 1 is 1.23 bits per heavy atom. The van der Waals surface area contributed by atoms with Crippen LogP contribution in [-0.4, -0.2) is 21.8 Å². The Morgan fingerprint density at radius 2 is 1.92 bits per heavy atom. The standard InChI is InChI=1S/C20H22ClFN2O2/c1-18(2,3)26-17(25)23-19-10-20(11-19,12-19)24-7-6-14(9-24)13-4-5-15(21)16(22)8-13/h4-9H,10-12H2,1-3H3,(H,23,25). The molecule has 2 aromatic rings. The minimum absolute atomic E-state index is 0.0538. The smallest absolute Gasteiger partial charge is 0.408 e. The summed E-state index contributed by atoms with van der Waals surface area (Å²) in [7, 11) is 0. The van der Waals surface area contributed by atoms with Gasteiger partial charge in [-0.25, -0.2) is 9.18 Å². The van der Waals surface area contributed by atoms with E-state index in [0.29, 0.717) is 0 Å². The van der Waals surface area contributed by atoms with Gasteiger partial charge in [-0.3, -0.25) is 0 Å². The van der Waals surface area contributed by atoms with Crippen LogP contribution in [0.5, 0.6) is 0 Å². The number of rotatable bonds is 3. The van der Waals surface area contributed by atoms with Gasteiger partial charge in [-0.2, -0.15) is 0 Å². The molecule has 6 heteroatoms. The van der Waals surface area contributed by atoms with Gasteiger partial charge in [0.05, 0.1) is 16.1 Å². The zero-order valence-electron chi connectivity index (χ0n) is 15.1. The van der Waals surface area contributed by atoms with Crippen molar-refractivity contribution in [3.05, 3.63) is 47.5 Å². The van der Waals surface area contributed by atoms with Crippen LogP contribution in [0.25, 0.3) is 11.1 Å². The average Bonchev–Trinajstić information content (AvgIpc) is 2.92. The molecule has 3 saturated carbocycles. The Hall–Kier alpha value is -2.01. The van der Waals surface area contributed by atoms with Crippen LogP contribution in [-0.2, 0) is 10.3 Å². The second kappa shape index (κ2) is 5.49. The Balaban J connectivity index is 1.42. The first-order chi connectivity index (χ1) is 12.1. The molecule has 138 valence electrons. The van der Waals surface area contributed by atoms with Crippen molar-refractivity contribution in [2.45, 2.75) is 56.7 Å². The number of carbonyl (C=O) groups excluding carboxylic acids is 1. The van der Waals surface area contributed by atoms with E-state index < -0.39 is 11.4 Å². The summed E-state index contributed by atoms with van der Waals surface area (Å²) < 4.78 is 21.2. The van der Waals surface area contributed by atoms with Gasteiger partial charge in [0, 0.05) is 12.4 Å². The fraction of sp³-hybridized carbons (Fsp3) is 0.450. The van der Waals surface area contributed by atoms with E-state index in [2.05, 4.69) is 9.88 Å². The SMILES string of the molecule is CC(C)(C)OC(=O)NC12CC(n3ccc(-c4ccc(Cl)c(F)c4)c3)(C1)C2. The summed E-state index contributed by atoms with van der Waals surface area (Å²) in [5.74, 6) is -0.414. The van der Waals surface area contributed by atoms with Crippen molar-refractivity contribution >= 4 is 17.7 Å². The molecule has 0 spiro atoms. The molecular formula is C20H22ClFN2O2. The lowest BCUT2D eigenvalue weighted by atomic mass is 9.44. The zero-order chi connectivity index (χ0) is 18.7. The largest absolute Gasteiger partial charge is 0.444 e. The first-order valence-electron chi connectivity index (χ1n) is 8.75. The van der Waals surface area contributed by atoms with Gasteiger partial charge in [0.1, 0.15) is 11.4 Å². The number of benzene rings is 1. The molecule has 0 unspecified atom stereocenters. The molecule has 3 fully saturated rings.